The van der Waals surface area contributed by atoms with Crippen LogP contribution in [-0.2, 0) is 11.2 Å². The second-order valence-electron chi connectivity index (χ2n) is 2.63. The topological polar surface area (TPSA) is 63.3 Å². The number of hydrogen-bond acceptors (Lipinski definition) is 2. The first kappa shape index (κ1) is 12.6. The summed E-state index contributed by atoms with van der Waals surface area (Å²) in [5, 5.41) is 8.52. The Balaban J connectivity index is 0.00000144. The molecule has 0 saturated carbocycles. The molecule has 0 spiro atoms. The molecule has 1 atom stereocenters. The van der Waals surface area contributed by atoms with Gasteiger partial charge in [0.2, 0.25) is 0 Å². The summed E-state index contributed by atoms with van der Waals surface area (Å²) in [6.45, 7) is 0. The molecule has 3 nitrogen and oxygen atoms in total. The van der Waals surface area contributed by atoms with Gasteiger partial charge in [-0.3, -0.25) is 4.79 Å². The molecule has 2 radical (unpaired) electrons. The number of carboxylic acid groups (broad SMARTS) is 1. The molecule has 0 aliphatic heterocycles. The van der Waals surface area contributed by atoms with Gasteiger partial charge in [0.1, 0.15) is 6.04 Å². The van der Waals surface area contributed by atoms with Crippen LogP contribution in [0.4, 0.5) is 0 Å². The van der Waals surface area contributed by atoms with Crippen molar-refractivity contribution in [2.45, 2.75) is 12.5 Å². The number of nitrogens with two attached hydrogens (primary N) is 1. The Labute approximate surface area is 97.1 Å². The number of carbonyl (C=O) groups is 1. The van der Waals surface area contributed by atoms with Gasteiger partial charge in [0.05, 0.1) is 0 Å². The van der Waals surface area contributed by atoms with Crippen LogP contribution in [0.25, 0.3) is 0 Å². The van der Waals surface area contributed by atoms with E-state index in [1.165, 1.54) is 0 Å². The van der Waals surface area contributed by atoms with Crippen molar-refractivity contribution < 1.29 is 9.90 Å². The molecule has 0 heterocycles. The van der Waals surface area contributed by atoms with Crippen LogP contribution in [-0.4, -0.2) is 44.4 Å². The first-order valence-corrected chi connectivity index (χ1v) is 3.72. The fraction of sp³-hybridized carbons (Fsp3) is 0.222. The molecule has 0 saturated heterocycles. The van der Waals surface area contributed by atoms with E-state index in [-0.39, 0.29) is 27.3 Å². The number of rotatable bonds is 3. The Morgan fingerprint density at radius 2 is 1.92 bits per heavy atom. The summed E-state index contributed by atoms with van der Waals surface area (Å²) in [5.74, 6) is -0.959. The molecule has 0 unspecified atom stereocenters. The molecule has 1 rings (SSSR count). The van der Waals surface area contributed by atoms with Gasteiger partial charge in [-0.1, -0.05) is 30.3 Å². The molecule has 0 aromatic heterocycles. The quantitative estimate of drug-likeness (QED) is 0.716. The fourth-order valence-corrected chi connectivity index (χ4v) is 0.955. The Kier molecular flexibility index (Phi) is 5.89. The van der Waals surface area contributed by atoms with Crippen LogP contribution < -0.4 is 5.73 Å². The van der Waals surface area contributed by atoms with Gasteiger partial charge in [-0.2, -0.15) is 0 Å². The van der Waals surface area contributed by atoms with Crippen molar-refractivity contribution in [3.05, 3.63) is 35.9 Å². The van der Waals surface area contributed by atoms with Gasteiger partial charge in [-0.15, -0.1) is 0 Å². The summed E-state index contributed by atoms with van der Waals surface area (Å²) in [6, 6.07) is 8.54. The van der Waals surface area contributed by atoms with Crippen LogP contribution in [0, 0.1) is 0 Å². The molecule has 1 aromatic rings. The molecule has 0 amide bonds. The van der Waals surface area contributed by atoms with Crippen molar-refractivity contribution in [2.24, 2.45) is 5.73 Å². The summed E-state index contributed by atoms with van der Waals surface area (Å²) in [4.78, 5) is 10.4. The van der Waals surface area contributed by atoms with Crippen molar-refractivity contribution >= 4 is 33.3 Å². The van der Waals surface area contributed by atoms with E-state index in [4.69, 9.17) is 10.8 Å². The van der Waals surface area contributed by atoms with E-state index in [1.54, 1.807) is 0 Å². The van der Waals surface area contributed by atoms with Gasteiger partial charge < -0.3 is 10.8 Å². The van der Waals surface area contributed by atoms with Crippen LogP contribution in [0.5, 0.6) is 0 Å². The molecule has 0 bridgehead atoms. The SMILES string of the molecule is N[C@@H](Cc1ccccc1)C(=O)O.[PbH2]. The Hall–Kier alpha value is -0.428. The molecular formula is C9H13NO2Pb. The fourth-order valence-electron chi connectivity index (χ4n) is 0.955. The van der Waals surface area contributed by atoms with Crippen LogP contribution in [0.2, 0.25) is 0 Å². The number of aliphatic carboxylic acids is 1. The number of benzene rings is 1. The van der Waals surface area contributed by atoms with E-state index in [9.17, 15) is 4.79 Å². The van der Waals surface area contributed by atoms with Crippen molar-refractivity contribution in [3.8, 4) is 0 Å². The molecule has 70 valence electrons. The number of hydrogen-bond donors (Lipinski definition) is 2. The average Bonchev–Trinajstić information content (AvgIpc) is 2.06. The van der Waals surface area contributed by atoms with Gasteiger partial charge in [-0.05, 0) is 12.0 Å². The predicted molar refractivity (Wildman–Crippen MR) is 54.3 cm³/mol. The first-order valence-electron chi connectivity index (χ1n) is 3.72. The van der Waals surface area contributed by atoms with Crippen LogP contribution >= 0.6 is 0 Å². The van der Waals surface area contributed by atoms with Crippen molar-refractivity contribution in [2.75, 3.05) is 0 Å². The molecule has 1 aromatic carbocycles. The zero-order valence-corrected chi connectivity index (χ0v) is 12.8. The maximum atomic E-state index is 10.4. The maximum absolute atomic E-state index is 10.4. The zero-order valence-electron chi connectivity index (χ0n) is 7.31. The van der Waals surface area contributed by atoms with Crippen LogP contribution in [0.15, 0.2) is 30.3 Å². The van der Waals surface area contributed by atoms with E-state index in [0.717, 1.165) is 5.56 Å². The molecule has 0 aliphatic rings. The third-order valence-electron chi connectivity index (χ3n) is 1.62. The average molecular weight is 374 g/mol. The van der Waals surface area contributed by atoms with Gasteiger partial charge in [0.15, 0.2) is 0 Å². The van der Waals surface area contributed by atoms with Crippen molar-refractivity contribution in [1.82, 2.24) is 0 Å². The Morgan fingerprint density at radius 1 is 1.38 bits per heavy atom. The zero-order chi connectivity index (χ0) is 8.97. The van der Waals surface area contributed by atoms with Crippen LogP contribution in [0.3, 0.4) is 0 Å². The van der Waals surface area contributed by atoms with Gasteiger partial charge in [-0.25, -0.2) is 0 Å². The van der Waals surface area contributed by atoms with E-state index in [1.807, 2.05) is 30.3 Å². The Morgan fingerprint density at radius 3 is 2.38 bits per heavy atom. The van der Waals surface area contributed by atoms with E-state index in [0.29, 0.717) is 6.42 Å². The summed E-state index contributed by atoms with van der Waals surface area (Å²) >= 11 is 0. The van der Waals surface area contributed by atoms with Gasteiger partial charge >= 0.3 is 33.3 Å². The molecule has 4 heteroatoms. The van der Waals surface area contributed by atoms with E-state index < -0.39 is 12.0 Å². The van der Waals surface area contributed by atoms with E-state index >= 15 is 0 Å². The standard InChI is InChI=1S/C9H11NO2.Pb.2H/c10-8(9(11)12)6-7-4-2-1-3-5-7;;;/h1-5,8H,6,10H2,(H,11,12);;;/t8-;;;/m0.../s1. The summed E-state index contributed by atoms with van der Waals surface area (Å²) in [5.41, 5.74) is 6.30. The van der Waals surface area contributed by atoms with Gasteiger partial charge in [0, 0.05) is 0 Å². The van der Waals surface area contributed by atoms with Crippen molar-refractivity contribution in [3.63, 3.8) is 0 Å². The van der Waals surface area contributed by atoms with Crippen LogP contribution in [0.1, 0.15) is 5.56 Å². The summed E-state index contributed by atoms with van der Waals surface area (Å²) < 4.78 is 0. The normalized spacial score (nSPS) is 11.5. The molecule has 0 aliphatic carbocycles. The molecule has 13 heavy (non-hydrogen) atoms. The predicted octanol–water partition coefficient (Wildman–Crippen LogP) is -0.275. The third kappa shape index (κ3) is 4.37. The van der Waals surface area contributed by atoms with Crippen molar-refractivity contribution in [1.29, 1.82) is 0 Å². The second kappa shape index (κ2) is 6.09. The minimum atomic E-state index is -0.959. The molecule has 0 fully saturated rings. The molecular weight excluding hydrogens is 361 g/mol. The van der Waals surface area contributed by atoms with E-state index in [2.05, 4.69) is 0 Å². The number of carboxylic acids is 1. The summed E-state index contributed by atoms with van der Waals surface area (Å²) in [7, 11) is 0. The second-order valence-corrected chi connectivity index (χ2v) is 2.63. The Bertz CT molecular complexity index is 264. The summed E-state index contributed by atoms with van der Waals surface area (Å²) in [6.07, 6.45) is 0.385. The van der Waals surface area contributed by atoms with Gasteiger partial charge in [0.25, 0.3) is 0 Å². The first-order chi connectivity index (χ1) is 5.70. The third-order valence-corrected chi connectivity index (χ3v) is 1.62. The monoisotopic (exact) mass is 375 g/mol. The molecule has 3 N–H and O–H groups in total. The minimum absolute atomic E-state index is 0.